The minimum Gasteiger partial charge on any atom is -0.480 e. The molecule has 0 spiro atoms. The number of carbonyl (C=O) groups is 1. The zero-order chi connectivity index (χ0) is 29.2. The standard InChI is InChI=1S/C29H30N2O6S4/c1-38-23-11-7-21(8-12-23)22-9-13-24(14-10-22)41(35,36)31-27(28(33)34)25(18-37-17-20-5-3-2-4-6-20)26(32)19-40-29-30-15-16-39-29/h2-16,25-27,31-32H,17-19H2,1H3,(H,33,34). The van der Waals surface area contributed by atoms with Crippen LogP contribution in [0.15, 0.2) is 105 Å². The van der Waals surface area contributed by atoms with E-state index in [4.69, 9.17) is 4.74 Å². The van der Waals surface area contributed by atoms with Gasteiger partial charge in [-0.1, -0.05) is 66.4 Å². The van der Waals surface area contributed by atoms with Crippen molar-refractivity contribution < 1.29 is 28.2 Å². The van der Waals surface area contributed by atoms with Crippen molar-refractivity contribution >= 4 is 50.9 Å². The lowest BCUT2D eigenvalue weighted by molar-refractivity contribution is -0.142. The molecule has 0 saturated carbocycles. The Balaban J connectivity index is 1.51. The van der Waals surface area contributed by atoms with E-state index in [0.29, 0.717) is 4.34 Å². The number of hydrogen-bond donors (Lipinski definition) is 3. The van der Waals surface area contributed by atoms with E-state index in [1.165, 1.54) is 35.2 Å². The molecule has 4 rings (SSSR count). The molecule has 8 nitrogen and oxygen atoms in total. The molecule has 216 valence electrons. The van der Waals surface area contributed by atoms with Crippen molar-refractivity contribution in [3.8, 4) is 11.1 Å². The van der Waals surface area contributed by atoms with E-state index in [1.54, 1.807) is 35.5 Å². The Morgan fingerprint density at radius 2 is 1.68 bits per heavy atom. The zero-order valence-electron chi connectivity index (χ0n) is 22.1. The van der Waals surface area contributed by atoms with E-state index >= 15 is 0 Å². The molecular formula is C29H30N2O6S4. The number of thiazole rings is 1. The fourth-order valence-corrected chi connectivity index (χ4v) is 7.39. The zero-order valence-corrected chi connectivity index (χ0v) is 25.4. The minimum absolute atomic E-state index is 0.0798. The number of carboxylic acid groups (broad SMARTS) is 1. The third kappa shape index (κ3) is 8.89. The van der Waals surface area contributed by atoms with Crippen molar-refractivity contribution in [3.05, 3.63) is 96.0 Å². The third-order valence-electron chi connectivity index (χ3n) is 6.27. The highest BCUT2D eigenvalue weighted by molar-refractivity contribution is 8.01. The van der Waals surface area contributed by atoms with Gasteiger partial charge in [-0.25, -0.2) is 13.4 Å². The Morgan fingerprint density at radius 3 is 2.27 bits per heavy atom. The molecule has 1 aromatic heterocycles. The van der Waals surface area contributed by atoms with Crippen LogP contribution in [0.1, 0.15) is 5.56 Å². The molecule has 0 aliphatic rings. The van der Waals surface area contributed by atoms with Crippen LogP contribution in [0.5, 0.6) is 0 Å². The number of nitrogens with zero attached hydrogens (tertiary/aromatic N) is 1. The van der Waals surface area contributed by atoms with Crippen molar-refractivity contribution in [1.82, 2.24) is 9.71 Å². The summed E-state index contributed by atoms with van der Waals surface area (Å²) >= 11 is 4.29. The Morgan fingerprint density at radius 1 is 1.02 bits per heavy atom. The molecule has 3 unspecified atom stereocenters. The van der Waals surface area contributed by atoms with Crippen LogP contribution in [0.4, 0.5) is 0 Å². The number of benzene rings is 3. The predicted octanol–water partition coefficient (Wildman–Crippen LogP) is 5.25. The first-order chi connectivity index (χ1) is 19.8. The monoisotopic (exact) mass is 630 g/mol. The third-order valence-corrected chi connectivity index (χ3v) is 10.5. The number of aliphatic hydroxyl groups excluding tert-OH is 1. The van der Waals surface area contributed by atoms with Crippen molar-refractivity contribution in [2.24, 2.45) is 5.92 Å². The number of thioether (sulfide) groups is 2. The molecule has 0 aliphatic heterocycles. The number of hydrogen-bond acceptors (Lipinski definition) is 9. The van der Waals surface area contributed by atoms with E-state index in [-0.39, 0.29) is 23.9 Å². The number of sulfonamides is 1. The fraction of sp³-hybridized carbons (Fsp3) is 0.241. The van der Waals surface area contributed by atoms with Crippen LogP contribution >= 0.6 is 34.9 Å². The van der Waals surface area contributed by atoms with E-state index in [2.05, 4.69) is 9.71 Å². The number of ether oxygens (including phenoxy) is 1. The smallest absolute Gasteiger partial charge is 0.322 e. The molecule has 4 aromatic rings. The van der Waals surface area contributed by atoms with Gasteiger partial charge in [0, 0.05) is 28.1 Å². The molecule has 0 radical (unpaired) electrons. The summed E-state index contributed by atoms with van der Waals surface area (Å²) in [5, 5.41) is 23.0. The molecule has 3 aromatic carbocycles. The lowest BCUT2D eigenvalue weighted by atomic mass is 9.96. The van der Waals surface area contributed by atoms with E-state index in [9.17, 15) is 23.4 Å². The summed E-state index contributed by atoms with van der Waals surface area (Å²) < 4.78 is 35.5. The average molecular weight is 631 g/mol. The molecule has 0 aliphatic carbocycles. The Hall–Kier alpha value is -2.71. The summed E-state index contributed by atoms with van der Waals surface area (Å²) in [6.45, 7) is 0.00110. The predicted molar refractivity (Wildman–Crippen MR) is 164 cm³/mol. The van der Waals surface area contributed by atoms with E-state index in [0.717, 1.165) is 21.6 Å². The fourth-order valence-electron chi connectivity index (χ4n) is 4.04. The summed E-state index contributed by atoms with van der Waals surface area (Å²) in [6, 6.07) is 21.8. The lowest BCUT2D eigenvalue weighted by Crippen LogP contribution is -2.51. The normalized spacial score (nSPS) is 13.9. The summed E-state index contributed by atoms with van der Waals surface area (Å²) in [5.74, 6) is -2.37. The van der Waals surface area contributed by atoms with E-state index < -0.39 is 34.1 Å². The summed E-state index contributed by atoms with van der Waals surface area (Å²) in [7, 11) is -4.25. The number of aromatic nitrogens is 1. The number of aliphatic hydroxyl groups is 1. The van der Waals surface area contributed by atoms with Crippen molar-refractivity contribution in [1.29, 1.82) is 0 Å². The van der Waals surface area contributed by atoms with Crippen LogP contribution in [-0.2, 0) is 26.2 Å². The van der Waals surface area contributed by atoms with Gasteiger partial charge < -0.3 is 14.9 Å². The quantitative estimate of drug-likeness (QED) is 0.151. The highest BCUT2D eigenvalue weighted by Crippen LogP contribution is 2.27. The van der Waals surface area contributed by atoms with Gasteiger partial charge in [0.25, 0.3) is 0 Å². The average Bonchev–Trinajstić information content (AvgIpc) is 3.52. The topological polar surface area (TPSA) is 126 Å². The number of carboxylic acids is 1. The van der Waals surface area contributed by atoms with Crippen molar-refractivity contribution in [3.63, 3.8) is 0 Å². The molecule has 1 heterocycles. The van der Waals surface area contributed by atoms with Crippen LogP contribution in [0.2, 0.25) is 0 Å². The second-order valence-corrected chi connectivity index (χ2v) is 13.8. The number of rotatable bonds is 15. The van der Waals surface area contributed by atoms with Gasteiger partial charge in [-0.2, -0.15) is 4.72 Å². The minimum atomic E-state index is -4.25. The van der Waals surface area contributed by atoms with Crippen LogP contribution < -0.4 is 4.72 Å². The molecule has 0 fully saturated rings. The first kappa shape index (κ1) is 31.2. The van der Waals surface area contributed by atoms with Crippen molar-refractivity contribution in [2.75, 3.05) is 18.6 Å². The molecular weight excluding hydrogens is 601 g/mol. The van der Waals surface area contributed by atoms with Gasteiger partial charge in [0.2, 0.25) is 10.0 Å². The first-order valence-corrected chi connectivity index (χ1v) is 17.2. The van der Waals surface area contributed by atoms with Gasteiger partial charge in [0.1, 0.15) is 10.4 Å². The summed E-state index contributed by atoms with van der Waals surface area (Å²) in [4.78, 5) is 17.6. The number of nitrogens with one attached hydrogen (secondary N) is 1. The van der Waals surface area contributed by atoms with Crippen molar-refractivity contribution in [2.45, 2.75) is 32.9 Å². The molecule has 41 heavy (non-hydrogen) atoms. The SMILES string of the molecule is CSc1ccc(-c2ccc(S(=O)(=O)NC(C(=O)O)C(COCc3ccccc3)C(O)CSc3nccs3)cc2)cc1. The van der Waals surface area contributed by atoms with Crippen LogP contribution in [0.25, 0.3) is 11.1 Å². The van der Waals surface area contributed by atoms with Gasteiger partial charge >= 0.3 is 5.97 Å². The molecule has 3 N–H and O–H groups in total. The second-order valence-electron chi connectivity index (χ2n) is 9.03. The maximum atomic E-state index is 13.3. The maximum absolute atomic E-state index is 13.3. The Bertz CT molecular complexity index is 1480. The van der Waals surface area contributed by atoms with Gasteiger partial charge in [0.15, 0.2) is 0 Å². The molecule has 0 amide bonds. The molecule has 3 atom stereocenters. The van der Waals surface area contributed by atoms with Gasteiger partial charge in [0.05, 0.1) is 24.2 Å². The summed E-state index contributed by atoms with van der Waals surface area (Å²) in [6.07, 6.45) is 2.43. The number of aliphatic carboxylic acids is 1. The Labute approximate surface area is 252 Å². The lowest BCUT2D eigenvalue weighted by Gasteiger charge is -2.28. The van der Waals surface area contributed by atoms with Crippen LogP contribution in [0.3, 0.4) is 0 Å². The first-order valence-electron chi connectivity index (χ1n) is 12.6. The largest absolute Gasteiger partial charge is 0.480 e. The Kier molecular flexibility index (Phi) is 11.4. The summed E-state index contributed by atoms with van der Waals surface area (Å²) in [5.41, 5.74) is 2.63. The maximum Gasteiger partial charge on any atom is 0.322 e. The molecule has 0 bridgehead atoms. The van der Waals surface area contributed by atoms with Gasteiger partial charge in [-0.15, -0.1) is 23.1 Å². The molecule has 12 heteroatoms. The van der Waals surface area contributed by atoms with Crippen LogP contribution in [0, 0.1) is 5.92 Å². The highest BCUT2D eigenvalue weighted by atomic mass is 32.2. The second kappa shape index (κ2) is 15.0. The molecule has 0 saturated heterocycles. The van der Waals surface area contributed by atoms with Gasteiger partial charge in [-0.05, 0) is 47.2 Å². The highest BCUT2D eigenvalue weighted by Gasteiger charge is 2.37. The van der Waals surface area contributed by atoms with E-state index in [1.807, 2.05) is 60.9 Å². The van der Waals surface area contributed by atoms with Gasteiger partial charge in [-0.3, -0.25) is 4.79 Å². The van der Waals surface area contributed by atoms with Crippen LogP contribution in [-0.4, -0.2) is 60.3 Å².